The Balaban J connectivity index is 2.02. The van der Waals surface area contributed by atoms with Gasteiger partial charge in [-0.05, 0) is 5.39 Å². The van der Waals surface area contributed by atoms with Crippen LogP contribution in [0.15, 0.2) is 36.4 Å². The SMILES string of the molecule is COC(=O)C[C@H]1COc2c1ccc1ccccc21. The highest BCUT2D eigenvalue weighted by Gasteiger charge is 2.27. The molecule has 0 spiro atoms. The summed E-state index contributed by atoms with van der Waals surface area (Å²) in [5, 5.41) is 2.28. The molecule has 1 heterocycles. The van der Waals surface area contributed by atoms with E-state index in [1.165, 1.54) is 7.11 Å². The number of fused-ring (bicyclic) bond motifs is 3. The van der Waals surface area contributed by atoms with Crippen LogP contribution < -0.4 is 4.74 Å². The molecule has 0 unspecified atom stereocenters. The van der Waals surface area contributed by atoms with Gasteiger partial charge in [-0.3, -0.25) is 4.79 Å². The zero-order valence-corrected chi connectivity index (χ0v) is 10.2. The molecule has 1 aliphatic rings. The molecular formula is C15H14O3. The van der Waals surface area contributed by atoms with Gasteiger partial charge in [0.05, 0.1) is 20.1 Å². The summed E-state index contributed by atoms with van der Waals surface area (Å²) in [5.74, 6) is 0.837. The number of benzene rings is 2. The first-order valence-corrected chi connectivity index (χ1v) is 6.01. The van der Waals surface area contributed by atoms with Gasteiger partial charge < -0.3 is 9.47 Å². The van der Waals surface area contributed by atoms with Crippen molar-refractivity contribution < 1.29 is 14.3 Å². The van der Waals surface area contributed by atoms with E-state index in [2.05, 4.69) is 24.3 Å². The Morgan fingerprint density at radius 3 is 3.00 bits per heavy atom. The van der Waals surface area contributed by atoms with Crippen molar-refractivity contribution in [1.29, 1.82) is 0 Å². The molecule has 3 nitrogen and oxygen atoms in total. The number of hydrogen-bond donors (Lipinski definition) is 0. The molecular weight excluding hydrogens is 228 g/mol. The molecule has 3 heteroatoms. The maximum atomic E-state index is 11.4. The molecule has 0 amide bonds. The average molecular weight is 242 g/mol. The number of esters is 1. The van der Waals surface area contributed by atoms with E-state index in [4.69, 9.17) is 9.47 Å². The van der Waals surface area contributed by atoms with Crippen LogP contribution in [0.3, 0.4) is 0 Å². The van der Waals surface area contributed by atoms with Gasteiger partial charge in [-0.1, -0.05) is 36.4 Å². The van der Waals surface area contributed by atoms with Gasteiger partial charge >= 0.3 is 5.97 Å². The third kappa shape index (κ3) is 1.72. The van der Waals surface area contributed by atoms with Gasteiger partial charge in [0.1, 0.15) is 5.75 Å². The van der Waals surface area contributed by atoms with Crippen LogP contribution in [0.25, 0.3) is 10.8 Å². The van der Waals surface area contributed by atoms with Crippen LogP contribution in [-0.2, 0) is 9.53 Å². The van der Waals surface area contributed by atoms with E-state index >= 15 is 0 Å². The van der Waals surface area contributed by atoms with Gasteiger partial charge in [0.2, 0.25) is 0 Å². The average Bonchev–Trinajstić information content (AvgIpc) is 2.82. The van der Waals surface area contributed by atoms with Gasteiger partial charge in [-0.2, -0.15) is 0 Å². The first kappa shape index (κ1) is 11.1. The second-order valence-electron chi connectivity index (χ2n) is 4.49. The van der Waals surface area contributed by atoms with Crippen LogP contribution in [0, 0.1) is 0 Å². The van der Waals surface area contributed by atoms with Crippen LogP contribution in [0.2, 0.25) is 0 Å². The Morgan fingerprint density at radius 1 is 1.33 bits per heavy atom. The maximum Gasteiger partial charge on any atom is 0.306 e. The summed E-state index contributed by atoms with van der Waals surface area (Å²) < 4.78 is 10.5. The van der Waals surface area contributed by atoms with E-state index in [-0.39, 0.29) is 11.9 Å². The first-order valence-electron chi connectivity index (χ1n) is 6.01. The van der Waals surface area contributed by atoms with Crippen LogP contribution in [0.5, 0.6) is 5.75 Å². The minimum absolute atomic E-state index is 0.108. The normalized spacial score (nSPS) is 17.3. The molecule has 3 rings (SSSR count). The van der Waals surface area contributed by atoms with Crippen LogP contribution in [0.4, 0.5) is 0 Å². The lowest BCUT2D eigenvalue weighted by atomic mass is 9.95. The Labute approximate surface area is 105 Å². The second kappa shape index (κ2) is 4.33. The third-order valence-electron chi connectivity index (χ3n) is 3.42. The van der Waals surface area contributed by atoms with Crippen molar-refractivity contribution in [3.8, 4) is 5.75 Å². The highest BCUT2D eigenvalue weighted by Crippen LogP contribution is 2.41. The highest BCUT2D eigenvalue weighted by atomic mass is 16.5. The zero-order valence-electron chi connectivity index (χ0n) is 10.2. The van der Waals surface area contributed by atoms with E-state index in [0.29, 0.717) is 13.0 Å². The Kier molecular flexibility index (Phi) is 2.67. The van der Waals surface area contributed by atoms with Gasteiger partial charge in [0, 0.05) is 16.9 Å². The molecule has 0 fully saturated rings. The fraction of sp³-hybridized carbons (Fsp3) is 0.267. The van der Waals surface area contributed by atoms with E-state index < -0.39 is 0 Å². The molecule has 1 aliphatic heterocycles. The molecule has 18 heavy (non-hydrogen) atoms. The van der Waals surface area contributed by atoms with E-state index in [0.717, 1.165) is 22.1 Å². The largest absolute Gasteiger partial charge is 0.492 e. The van der Waals surface area contributed by atoms with Crippen LogP contribution in [0.1, 0.15) is 17.9 Å². The van der Waals surface area contributed by atoms with Crippen molar-refractivity contribution in [3.63, 3.8) is 0 Å². The first-order chi connectivity index (χ1) is 8.79. The molecule has 0 aliphatic carbocycles. The summed E-state index contributed by atoms with van der Waals surface area (Å²) in [6, 6.07) is 12.3. The number of rotatable bonds is 2. The van der Waals surface area contributed by atoms with Crippen molar-refractivity contribution >= 4 is 16.7 Å². The molecule has 0 aromatic heterocycles. The lowest BCUT2D eigenvalue weighted by Crippen LogP contribution is -2.09. The molecule has 0 radical (unpaired) electrons. The minimum atomic E-state index is -0.190. The number of methoxy groups -OCH3 is 1. The summed E-state index contributed by atoms with van der Waals surface area (Å²) in [4.78, 5) is 11.4. The lowest BCUT2D eigenvalue weighted by Gasteiger charge is -2.07. The fourth-order valence-corrected chi connectivity index (χ4v) is 2.47. The molecule has 0 saturated heterocycles. The summed E-state index contributed by atoms with van der Waals surface area (Å²) in [7, 11) is 1.42. The second-order valence-corrected chi connectivity index (χ2v) is 4.49. The third-order valence-corrected chi connectivity index (χ3v) is 3.42. The summed E-state index contributed by atoms with van der Waals surface area (Å²) in [5.41, 5.74) is 1.11. The van der Waals surface area contributed by atoms with Crippen molar-refractivity contribution in [1.82, 2.24) is 0 Å². The molecule has 2 aromatic rings. The molecule has 0 N–H and O–H groups in total. The molecule has 0 bridgehead atoms. The van der Waals surface area contributed by atoms with Crippen LogP contribution in [-0.4, -0.2) is 19.7 Å². The minimum Gasteiger partial charge on any atom is -0.492 e. The van der Waals surface area contributed by atoms with Crippen molar-refractivity contribution in [3.05, 3.63) is 42.0 Å². The number of hydrogen-bond acceptors (Lipinski definition) is 3. The lowest BCUT2D eigenvalue weighted by molar-refractivity contribution is -0.141. The summed E-state index contributed by atoms with van der Waals surface area (Å²) in [6.07, 6.45) is 0.377. The van der Waals surface area contributed by atoms with Crippen molar-refractivity contribution in [2.45, 2.75) is 12.3 Å². The van der Waals surface area contributed by atoms with E-state index in [9.17, 15) is 4.79 Å². The maximum absolute atomic E-state index is 11.4. The topological polar surface area (TPSA) is 35.5 Å². The standard InChI is InChI=1S/C15H14O3/c1-17-14(16)8-11-9-18-15-12-5-3-2-4-10(12)6-7-13(11)15/h2-7,11H,8-9H2,1H3/t11-/m0/s1. The van der Waals surface area contributed by atoms with Gasteiger partial charge in [-0.15, -0.1) is 0 Å². The van der Waals surface area contributed by atoms with Crippen molar-refractivity contribution in [2.24, 2.45) is 0 Å². The van der Waals surface area contributed by atoms with E-state index in [1.54, 1.807) is 0 Å². The highest BCUT2D eigenvalue weighted by molar-refractivity contribution is 5.90. The summed E-state index contributed by atoms with van der Waals surface area (Å²) >= 11 is 0. The Bertz CT molecular complexity index is 604. The Morgan fingerprint density at radius 2 is 2.17 bits per heavy atom. The van der Waals surface area contributed by atoms with Crippen LogP contribution >= 0.6 is 0 Å². The molecule has 1 atom stereocenters. The molecule has 0 saturated carbocycles. The summed E-state index contributed by atoms with van der Waals surface area (Å²) in [6.45, 7) is 0.554. The quantitative estimate of drug-likeness (QED) is 0.760. The molecule has 2 aromatic carbocycles. The number of ether oxygens (including phenoxy) is 2. The van der Waals surface area contributed by atoms with Gasteiger partial charge in [-0.25, -0.2) is 0 Å². The number of carbonyl (C=O) groups excluding carboxylic acids is 1. The zero-order chi connectivity index (χ0) is 12.5. The molecule has 92 valence electrons. The van der Waals surface area contributed by atoms with Crippen molar-refractivity contribution in [2.75, 3.05) is 13.7 Å². The predicted octanol–water partition coefficient (Wildman–Crippen LogP) is 2.88. The van der Waals surface area contributed by atoms with Gasteiger partial charge in [0.15, 0.2) is 0 Å². The fourth-order valence-electron chi connectivity index (χ4n) is 2.47. The Hall–Kier alpha value is -2.03. The van der Waals surface area contributed by atoms with E-state index in [1.807, 2.05) is 12.1 Å². The van der Waals surface area contributed by atoms with Gasteiger partial charge in [0.25, 0.3) is 0 Å². The smallest absolute Gasteiger partial charge is 0.306 e. The monoisotopic (exact) mass is 242 g/mol. The number of carbonyl (C=O) groups is 1. The predicted molar refractivity (Wildman–Crippen MR) is 68.8 cm³/mol.